The van der Waals surface area contributed by atoms with Crippen LogP contribution in [-0.2, 0) is 9.53 Å². The van der Waals surface area contributed by atoms with Crippen molar-refractivity contribution in [2.24, 2.45) is 4.99 Å². The Morgan fingerprint density at radius 2 is 2.25 bits per heavy atom. The van der Waals surface area contributed by atoms with Crippen molar-refractivity contribution in [3.05, 3.63) is 32.7 Å². The van der Waals surface area contributed by atoms with E-state index >= 15 is 0 Å². The van der Waals surface area contributed by atoms with Gasteiger partial charge in [0.25, 0.3) is 0 Å². The summed E-state index contributed by atoms with van der Waals surface area (Å²) in [7, 11) is 1.20. The molecule has 0 saturated carbocycles. The number of hydrogen-bond donors (Lipinski definition) is 0. The molecule has 0 aliphatic carbocycles. The van der Waals surface area contributed by atoms with Crippen molar-refractivity contribution < 1.29 is 18.3 Å². The summed E-state index contributed by atoms with van der Waals surface area (Å²) < 4.78 is 31.1. The molecule has 0 atom stereocenters. The van der Waals surface area contributed by atoms with Gasteiger partial charge in [-0.05, 0) is 15.9 Å². The van der Waals surface area contributed by atoms with Crippen molar-refractivity contribution in [1.82, 2.24) is 0 Å². The van der Waals surface area contributed by atoms with Crippen LogP contribution in [0.2, 0.25) is 0 Å². The minimum Gasteiger partial charge on any atom is -0.466 e. The van der Waals surface area contributed by atoms with Gasteiger partial charge in [0.05, 0.1) is 29.1 Å². The highest BCUT2D eigenvalue weighted by atomic mass is 79.9. The van der Waals surface area contributed by atoms with E-state index in [2.05, 4.69) is 25.7 Å². The number of carbonyl (C=O) groups is 1. The van der Waals surface area contributed by atoms with Gasteiger partial charge in [0.1, 0.15) is 11.6 Å². The molecule has 0 amide bonds. The van der Waals surface area contributed by atoms with Crippen molar-refractivity contribution in [3.8, 4) is 0 Å². The fourth-order valence-corrected chi connectivity index (χ4v) is 1.84. The Morgan fingerprint density at radius 3 is 2.88 bits per heavy atom. The molecule has 1 heterocycles. The molecule has 6 heteroatoms. The number of fused-ring (bicyclic) bond motifs is 1. The third kappa shape index (κ3) is 1.53. The van der Waals surface area contributed by atoms with Crippen LogP contribution in [0.25, 0.3) is 5.57 Å². The molecule has 0 radical (unpaired) electrons. The summed E-state index contributed by atoms with van der Waals surface area (Å²) in [4.78, 5) is 15.2. The molecule has 0 bridgehead atoms. The summed E-state index contributed by atoms with van der Waals surface area (Å²) in [5, 5.41) is 0.152. The molecular formula is C10H6BrF2NO2. The molecule has 0 aromatic heterocycles. The van der Waals surface area contributed by atoms with Crippen molar-refractivity contribution in [3.63, 3.8) is 0 Å². The van der Waals surface area contributed by atoms with E-state index in [0.717, 1.165) is 6.07 Å². The quantitative estimate of drug-likeness (QED) is 0.563. The summed E-state index contributed by atoms with van der Waals surface area (Å²) in [5.41, 5.74) is 0.107. The standard InChI is InChI=1S/C10H6BrF2NO2/c1-16-10(15)4-3-14-6-2-5(12)8(11)9(13)7(4)6/h2H,3H2,1H3. The van der Waals surface area contributed by atoms with Crippen molar-refractivity contribution in [2.75, 3.05) is 13.7 Å². The number of methoxy groups -OCH3 is 1. The Morgan fingerprint density at radius 1 is 1.56 bits per heavy atom. The van der Waals surface area contributed by atoms with Gasteiger partial charge in [-0.3, -0.25) is 4.99 Å². The maximum atomic E-state index is 13.7. The molecule has 0 saturated heterocycles. The molecule has 0 N–H and O–H groups in total. The fraction of sp³-hybridized carbons (Fsp3) is 0.200. The molecule has 1 aromatic carbocycles. The lowest BCUT2D eigenvalue weighted by Gasteiger charge is -2.00. The van der Waals surface area contributed by atoms with Gasteiger partial charge < -0.3 is 4.74 Å². The highest BCUT2D eigenvalue weighted by Gasteiger charge is 2.21. The first-order valence-electron chi connectivity index (χ1n) is 4.35. The van der Waals surface area contributed by atoms with Gasteiger partial charge >= 0.3 is 5.97 Å². The lowest BCUT2D eigenvalue weighted by atomic mass is 10.2. The van der Waals surface area contributed by atoms with Gasteiger partial charge in [0.2, 0.25) is 0 Å². The summed E-state index contributed by atoms with van der Waals surface area (Å²) in [6.07, 6.45) is 0. The summed E-state index contributed by atoms with van der Waals surface area (Å²) in [6, 6.07) is 1.08. The van der Waals surface area contributed by atoms with Gasteiger partial charge in [-0.2, -0.15) is 0 Å². The number of benzene rings is 1. The number of halogens is 3. The van der Waals surface area contributed by atoms with E-state index in [-0.39, 0.29) is 27.2 Å². The highest BCUT2D eigenvalue weighted by Crippen LogP contribution is 2.16. The SMILES string of the molecule is COC(=O)C1=c2c(F)c(Br)c(F)cc2=NC1. The molecular weight excluding hydrogens is 284 g/mol. The van der Waals surface area contributed by atoms with Crippen LogP contribution < -0.4 is 10.6 Å². The second-order valence-corrected chi connectivity index (χ2v) is 3.96. The fourth-order valence-electron chi connectivity index (χ4n) is 1.53. The van der Waals surface area contributed by atoms with E-state index in [0.29, 0.717) is 0 Å². The Hall–Kier alpha value is -1.30. The zero-order chi connectivity index (χ0) is 11.9. The summed E-state index contributed by atoms with van der Waals surface area (Å²) >= 11 is 2.77. The molecule has 1 aliphatic heterocycles. The summed E-state index contributed by atoms with van der Waals surface area (Å²) in [6.45, 7) is 0.00875. The van der Waals surface area contributed by atoms with E-state index < -0.39 is 17.6 Å². The Bertz CT molecular complexity index is 598. The number of ether oxygens (including phenoxy) is 1. The van der Waals surface area contributed by atoms with Crippen LogP contribution in [-0.4, -0.2) is 19.6 Å². The largest absolute Gasteiger partial charge is 0.466 e. The van der Waals surface area contributed by atoms with Gasteiger partial charge in [-0.25, -0.2) is 13.6 Å². The maximum absolute atomic E-state index is 13.7. The lowest BCUT2D eigenvalue weighted by Crippen LogP contribution is -2.30. The third-order valence-electron chi connectivity index (χ3n) is 2.28. The Labute approximate surface area is 97.6 Å². The molecule has 0 spiro atoms. The maximum Gasteiger partial charge on any atom is 0.336 e. The topological polar surface area (TPSA) is 38.7 Å². The first kappa shape index (κ1) is 11.2. The third-order valence-corrected chi connectivity index (χ3v) is 3.01. The van der Waals surface area contributed by atoms with Crippen LogP contribution in [0.15, 0.2) is 15.5 Å². The number of hydrogen-bond acceptors (Lipinski definition) is 3. The molecule has 3 nitrogen and oxygen atoms in total. The monoisotopic (exact) mass is 289 g/mol. The molecule has 0 unspecified atom stereocenters. The van der Waals surface area contributed by atoms with Crippen molar-refractivity contribution in [2.45, 2.75) is 0 Å². The Kier molecular flexibility index (Phi) is 2.75. The average Bonchev–Trinajstić information content (AvgIpc) is 2.68. The van der Waals surface area contributed by atoms with E-state index in [9.17, 15) is 13.6 Å². The second kappa shape index (κ2) is 3.93. The first-order chi connectivity index (χ1) is 7.56. The Balaban J connectivity index is 2.86. The normalized spacial score (nSPS) is 13.4. The molecule has 16 heavy (non-hydrogen) atoms. The average molecular weight is 290 g/mol. The molecule has 1 aliphatic rings. The van der Waals surface area contributed by atoms with Gasteiger partial charge in [-0.1, -0.05) is 0 Å². The number of esters is 1. The van der Waals surface area contributed by atoms with E-state index in [1.165, 1.54) is 7.11 Å². The van der Waals surface area contributed by atoms with Gasteiger partial charge in [0.15, 0.2) is 0 Å². The zero-order valence-electron chi connectivity index (χ0n) is 8.18. The van der Waals surface area contributed by atoms with Crippen molar-refractivity contribution in [1.29, 1.82) is 0 Å². The minimum absolute atomic E-state index is 0.00875. The molecule has 0 fully saturated rings. The van der Waals surface area contributed by atoms with Gasteiger partial charge in [0, 0.05) is 11.3 Å². The zero-order valence-corrected chi connectivity index (χ0v) is 9.77. The summed E-state index contributed by atoms with van der Waals surface area (Å²) in [5.74, 6) is -2.22. The van der Waals surface area contributed by atoms with Crippen LogP contribution >= 0.6 is 15.9 Å². The number of carbonyl (C=O) groups excluding carboxylic acids is 1. The molecule has 84 valence electrons. The van der Waals surface area contributed by atoms with E-state index in [1.54, 1.807) is 0 Å². The molecule has 1 aromatic rings. The van der Waals surface area contributed by atoms with Crippen LogP contribution in [0.1, 0.15) is 0 Å². The number of nitrogens with zero attached hydrogens (tertiary/aromatic N) is 1. The smallest absolute Gasteiger partial charge is 0.336 e. The van der Waals surface area contributed by atoms with Crippen LogP contribution in [0.5, 0.6) is 0 Å². The number of rotatable bonds is 1. The molecule has 2 rings (SSSR count). The predicted octanol–water partition coefficient (Wildman–Crippen LogP) is 0.684. The van der Waals surface area contributed by atoms with E-state index in [1.807, 2.05) is 0 Å². The van der Waals surface area contributed by atoms with Crippen molar-refractivity contribution >= 4 is 27.5 Å². The minimum atomic E-state index is -0.823. The predicted molar refractivity (Wildman–Crippen MR) is 55.1 cm³/mol. The first-order valence-corrected chi connectivity index (χ1v) is 5.15. The highest BCUT2D eigenvalue weighted by molar-refractivity contribution is 9.10. The second-order valence-electron chi connectivity index (χ2n) is 3.17. The van der Waals surface area contributed by atoms with Crippen LogP contribution in [0, 0.1) is 11.6 Å². The lowest BCUT2D eigenvalue weighted by molar-refractivity contribution is -0.133. The van der Waals surface area contributed by atoms with E-state index in [4.69, 9.17) is 0 Å². The van der Waals surface area contributed by atoms with Gasteiger partial charge in [-0.15, -0.1) is 0 Å². The van der Waals surface area contributed by atoms with Crippen LogP contribution in [0.3, 0.4) is 0 Å². The van der Waals surface area contributed by atoms with Crippen LogP contribution in [0.4, 0.5) is 8.78 Å².